The van der Waals surface area contributed by atoms with Crippen LogP contribution in [0.2, 0.25) is 10.0 Å². The first-order valence-electron chi connectivity index (χ1n) is 6.68. The molecule has 1 aliphatic rings. The number of amides is 2. The Morgan fingerprint density at radius 1 is 1.19 bits per heavy atom. The largest absolute Gasteiger partial charge is 0.396 e. The van der Waals surface area contributed by atoms with E-state index in [1.807, 2.05) is 0 Å². The van der Waals surface area contributed by atoms with Crippen LogP contribution < -0.4 is 10.6 Å². The maximum Gasteiger partial charge on any atom is 0.313 e. The van der Waals surface area contributed by atoms with Crippen molar-refractivity contribution < 1.29 is 14.7 Å². The van der Waals surface area contributed by atoms with Crippen molar-refractivity contribution in [3.63, 3.8) is 0 Å². The number of carbonyl (C=O) groups excluding carboxylic acids is 2. The molecule has 1 unspecified atom stereocenters. The molecule has 0 radical (unpaired) electrons. The van der Waals surface area contributed by atoms with Crippen LogP contribution in [-0.2, 0) is 9.59 Å². The highest BCUT2D eigenvalue weighted by atomic mass is 35.5. The summed E-state index contributed by atoms with van der Waals surface area (Å²) < 4.78 is 0. The smallest absolute Gasteiger partial charge is 0.313 e. The Hall–Kier alpha value is -1.30. The number of aliphatic hydroxyl groups excluding tert-OH is 1. The molecule has 21 heavy (non-hydrogen) atoms. The molecule has 0 aromatic heterocycles. The van der Waals surface area contributed by atoms with E-state index < -0.39 is 11.8 Å². The van der Waals surface area contributed by atoms with E-state index in [1.54, 1.807) is 0 Å². The van der Waals surface area contributed by atoms with Crippen molar-refractivity contribution in [3.8, 4) is 0 Å². The number of carbonyl (C=O) groups is 2. The highest BCUT2D eigenvalue weighted by Crippen LogP contribution is 2.33. The van der Waals surface area contributed by atoms with Gasteiger partial charge in [-0.15, -0.1) is 0 Å². The first-order valence-corrected chi connectivity index (χ1v) is 7.44. The molecule has 1 aliphatic carbocycles. The Kier molecular flexibility index (Phi) is 5.45. The summed E-state index contributed by atoms with van der Waals surface area (Å²) in [5.41, 5.74) is 0.359. The number of anilines is 1. The summed E-state index contributed by atoms with van der Waals surface area (Å²) in [6.07, 6.45) is 2.47. The maximum atomic E-state index is 11.9. The molecule has 1 atom stereocenters. The zero-order valence-corrected chi connectivity index (χ0v) is 12.7. The average molecular weight is 331 g/mol. The minimum absolute atomic E-state index is 0.0209. The number of hydrogen-bond donors (Lipinski definition) is 3. The van der Waals surface area contributed by atoms with Gasteiger partial charge in [0, 0.05) is 28.4 Å². The van der Waals surface area contributed by atoms with Crippen LogP contribution in [0.5, 0.6) is 0 Å². The maximum absolute atomic E-state index is 11.9. The lowest BCUT2D eigenvalue weighted by molar-refractivity contribution is -0.136. The summed E-state index contributed by atoms with van der Waals surface area (Å²) in [4.78, 5) is 23.7. The quantitative estimate of drug-likeness (QED) is 0.724. The van der Waals surface area contributed by atoms with E-state index in [0.29, 0.717) is 28.1 Å². The predicted molar refractivity (Wildman–Crippen MR) is 81.4 cm³/mol. The van der Waals surface area contributed by atoms with Crippen molar-refractivity contribution in [2.24, 2.45) is 5.92 Å². The van der Waals surface area contributed by atoms with Crippen LogP contribution in [0.3, 0.4) is 0 Å². The topological polar surface area (TPSA) is 78.4 Å². The van der Waals surface area contributed by atoms with Gasteiger partial charge in [-0.3, -0.25) is 9.59 Å². The molecule has 1 saturated carbocycles. The highest BCUT2D eigenvalue weighted by Gasteiger charge is 2.33. The lowest BCUT2D eigenvalue weighted by atomic mass is 10.1. The van der Waals surface area contributed by atoms with Gasteiger partial charge in [-0.1, -0.05) is 23.2 Å². The Labute approximate surface area is 132 Å². The molecule has 1 fully saturated rings. The highest BCUT2D eigenvalue weighted by molar-refractivity contribution is 6.40. The van der Waals surface area contributed by atoms with Crippen molar-refractivity contribution in [1.82, 2.24) is 5.32 Å². The monoisotopic (exact) mass is 330 g/mol. The van der Waals surface area contributed by atoms with E-state index in [1.165, 1.54) is 18.2 Å². The van der Waals surface area contributed by atoms with Gasteiger partial charge in [0.15, 0.2) is 0 Å². The molecular formula is C14H16Cl2N2O3. The lowest BCUT2D eigenvalue weighted by Crippen LogP contribution is -2.43. The van der Waals surface area contributed by atoms with Gasteiger partial charge in [0.1, 0.15) is 0 Å². The molecule has 5 nitrogen and oxygen atoms in total. The van der Waals surface area contributed by atoms with Gasteiger partial charge in [-0.25, -0.2) is 0 Å². The number of hydrogen-bond acceptors (Lipinski definition) is 3. The Morgan fingerprint density at radius 3 is 2.33 bits per heavy atom. The minimum Gasteiger partial charge on any atom is -0.396 e. The molecule has 0 heterocycles. The van der Waals surface area contributed by atoms with E-state index in [-0.39, 0.29) is 12.6 Å². The Morgan fingerprint density at radius 2 is 1.81 bits per heavy atom. The molecule has 0 aliphatic heterocycles. The van der Waals surface area contributed by atoms with Crippen LogP contribution in [-0.4, -0.2) is 29.6 Å². The third-order valence-electron chi connectivity index (χ3n) is 3.27. The lowest BCUT2D eigenvalue weighted by Gasteiger charge is -2.16. The zero-order valence-electron chi connectivity index (χ0n) is 11.2. The molecule has 0 saturated heterocycles. The van der Waals surface area contributed by atoms with E-state index in [4.69, 9.17) is 28.3 Å². The standard InChI is InChI=1S/C14H16Cl2N2O3/c15-9-5-10(16)7-11(6-9)17-13(20)14(21)18-12(3-4-19)8-1-2-8/h5-8,12,19H,1-4H2,(H,17,20)(H,18,21). The van der Waals surface area contributed by atoms with Crippen LogP contribution >= 0.6 is 23.2 Å². The fraction of sp³-hybridized carbons (Fsp3) is 0.429. The first-order chi connectivity index (χ1) is 9.99. The van der Waals surface area contributed by atoms with Crippen molar-refractivity contribution in [3.05, 3.63) is 28.2 Å². The third kappa shape index (κ3) is 4.88. The number of halogens is 2. The molecule has 2 amide bonds. The van der Waals surface area contributed by atoms with E-state index in [0.717, 1.165) is 12.8 Å². The molecule has 2 rings (SSSR count). The summed E-state index contributed by atoms with van der Waals surface area (Å²) >= 11 is 11.6. The summed E-state index contributed by atoms with van der Waals surface area (Å²) in [6.45, 7) is -0.0209. The van der Waals surface area contributed by atoms with Gasteiger partial charge in [0.25, 0.3) is 0 Å². The van der Waals surface area contributed by atoms with Crippen molar-refractivity contribution >= 4 is 40.7 Å². The normalized spacial score (nSPS) is 15.4. The minimum atomic E-state index is -0.781. The fourth-order valence-electron chi connectivity index (χ4n) is 2.11. The predicted octanol–water partition coefficient (Wildman–Crippen LogP) is 2.21. The molecule has 1 aromatic rings. The van der Waals surface area contributed by atoms with Crippen LogP contribution in [0.1, 0.15) is 19.3 Å². The van der Waals surface area contributed by atoms with Crippen LogP contribution in [0.25, 0.3) is 0 Å². The number of aliphatic hydroxyl groups is 1. The summed E-state index contributed by atoms with van der Waals surface area (Å²) in [5, 5.41) is 14.8. The van der Waals surface area contributed by atoms with Crippen molar-refractivity contribution in [2.75, 3.05) is 11.9 Å². The first kappa shape index (κ1) is 16.1. The van der Waals surface area contributed by atoms with E-state index in [9.17, 15) is 9.59 Å². The second kappa shape index (κ2) is 7.11. The number of benzene rings is 1. The van der Waals surface area contributed by atoms with Gasteiger partial charge < -0.3 is 15.7 Å². The van der Waals surface area contributed by atoms with Gasteiger partial charge in [-0.05, 0) is 43.4 Å². The third-order valence-corrected chi connectivity index (χ3v) is 3.71. The molecule has 1 aromatic carbocycles. The van der Waals surface area contributed by atoms with Gasteiger partial charge in [0.2, 0.25) is 0 Å². The number of rotatable bonds is 5. The van der Waals surface area contributed by atoms with Gasteiger partial charge >= 0.3 is 11.8 Å². The molecule has 0 spiro atoms. The van der Waals surface area contributed by atoms with Crippen LogP contribution in [0.15, 0.2) is 18.2 Å². The van der Waals surface area contributed by atoms with E-state index >= 15 is 0 Å². The molecule has 7 heteroatoms. The Bertz CT molecular complexity index is 527. The summed E-state index contributed by atoms with van der Waals surface area (Å²) in [6, 6.07) is 4.38. The van der Waals surface area contributed by atoms with Gasteiger partial charge in [-0.2, -0.15) is 0 Å². The average Bonchev–Trinajstić information content (AvgIpc) is 3.20. The number of nitrogens with one attached hydrogen (secondary N) is 2. The van der Waals surface area contributed by atoms with Crippen molar-refractivity contribution in [1.29, 1.82) is 0 Å². The second-order valence-corrected chi connectivity index (χ2v) is 5.91. The fourth-order valence-corrected chi connectivity index (χ4v) is 2.64. The van der Waals surface area contributed by atoms with Crippen LogP contribution in [0, 0.1) is 5.92 Å². The van der Waals surface area contributed by atoms with Gasteiger partial charge in [0.05, 0.1) is 0 Å². The summed E-state index contributed by atoms with van der Waals surface area (Å²) in [5.74, 6) is -1.15. The Balaban J connectivity index is 1.93. The zero-order chi connectivity index (χ0) is 15.4. The van der Waals surface area contributed by atoms with E-state index in [2.05, 4.69) is 10.6 Å². The molecule has 3 N–H and O–H groups in total. The molecule has 0 bridgehead atoms. The second-order valence-electron chi connectivity index (χ2n) is 5.04. The van der Waals surface area contributed by atoms with Crippen LogP contribution in [0.4, 0.5) is 5.69 Å². The molecule has 114 valence electrons. The SMILES string of the molecule is O=C(Nc1cc(Cl)cc(Cl)c1)C(=O)NC(CCO)C1CC1. The van der Waals surface area contributed by atoms with Crippen molar-refractivity contribution in [2.45, 2.75) is 25.3 Å². The summed E-state index contributed by atoms with van der Waals surface area (Å²) in [7, 11) is 0. The molecular weight excluding hydrogens is 315 g/mol.